The standard InChI is InChI=1S/C22H28F2N4O/c1-4-27-9-11-28(12-10-27)18-6-8-21(15(2)13-18)25-16(3)22(29)26-17-5-7-19(23)20(24)14-17/h5-8,13-14,16,25H,4,9-12H2,1-3H3,(H,26,29). The molecule has 1 aliphatic heterocycles. The van der Waals surface area contributed by atoms with Crippen molar-refractivity contribution in [2.45, 2.75) is 26.8 Å². The molecule has 1 amide bonds. The molecule has 0 saturated carbocycles. The molecule has 1 unspecified atom stereocenters. The second-order valence-electron chi connectivity index (χ2n) is 7.40. The number of piperazine rings is 1. The van der Waals surface area contributed by atoms with Crippen LogP contribution in [0.3, 0.4) is 0 Å². The largest absolute Gasteiger partial charge is 0.374 e. The van der Waals surface area contributed by atoms with Gasteiger partial charge in [-0.15, -0.1) is 0 Å². The predicted octanol–water partition coefficient (Wildman–Crippen LogP) is 3.85. The van der Waals surface area contributed by atoms with E-state index in [1.165, 1.54) is 11.8 Å². The maximum Gasteiger partial charge on any atom is 0.246 e. The average Bonchev–Trinajstić information content (AvgIpc) is 2.72. The molecule has 1 fully saturated rings. The zero-order valence-corrected chi connectivity index (χ0v) is 17.1. The Morgan fingerprint density at radius 2 is 1.79 bits per heavy atom. The zero-order valence-electron chi connectivity index (χ0n) is 17.1. The first-order chi connectivity index (χ1) is 13.9. The molecule has 0 spiro atoms. The number of rotatable bonds is 6. The predicted molar refractivity (Wildman–Crippen MR) is 114 cm³/mol. The lowest BCUT2D eigenvalue weighted by atomic mass is 10.1. The van der Waals surface area contributed by atoms with Gasteiger partial charge in [-0.1, -0.05) is 6.92 Å². The molecule has 2 aromatic rings. The van der Waals surface area contributed by atoms with Crippen LogP contribution in [0.5, 0.6) is 0 Å². The van der Waals surface area contributed by atoms with Crippen LogP contribution in [-0.4, -0.2) is 49.6 Å². The van der Waals surface area contributed by atoms with Crippen LogP contribution >= 0.6 is 0 Å². The van der Waals surface area contributed by atoms with Crippen molar-refractivity contribution in [3.8, 4) is 0 Å². The molecule has 0 aromatic heterocycles. The topological polar surface area (TPSA) is 47.6 Å². The molecule has 1 saturated heterocycles. The maximum atomic E-state index is 13.3. The molecule has 2 aromatic carbocycles. The van der Waals surface area contributed by atoms with Crippen molar-refractivity contribution in [2.24, 2.45) is 0 Å². The van der Waals surface area contributed by atoms with Crippen LogP contribution in [0.15, 0.2) is 36.4 Å². The lowest BCUT2D eigenvalue weighted by Gasteiger charge is -2.35. The van der Waals surface area contributed by atoms with Crippen LogP contribution < -0.4 is 15.5 Å². The third-order valence-electron chi connectivity index (χ3n) is 5.35. The van der Waals surface area contributed by atoms with Gasteiger partial charge in [0.05, 0.1) is 0 Å². The Morgan fingerprint density at radius 3 is 2.41 bits per heavy atom. The van der Waals surface area contributed by atoms with Gasteiger partial charge in [-0.05, 0) is 56.3 Å². The van der Waals surface area contributed by atoms with Gasteiger partial charge in [-0.2, -0.15) is 0 Å². The van der Waals surface area contributed by atoms with Gasteiger partial charge in [0.15, 0.2) is 11.6 Å². The summed E-state index contributed by atoms with van der Waals surface area (Å²) in [6.07, 6.45) is 0. The van der Waals surface area contributed by atoms with E-state index in [4.69, 9.17) is 0 Å². The highest BCUT2D eigenvalue weighted by atomic mass is 19.2. The molecule has 2 N–H and O–H groups in total. The van der Waals surface area contributed by atoms with E-state index in [1.807, 2.05) is 13.0 Å². The third kappa shape index (κ3) is 5.23. The second-order valence-corrected chi connectivity index (χ2v) is 7.40. The second kappa shape index (κ2) is 9.22. The first-order valence-electron chi connectivity index (χ1n) is 9.97. The van der Waals surface area contributed by atoms with Crippen LogP contribution in [0, 0.1) is 18.6 Å². The summed E-state index contributed by atoms with van der Waals surface area (Å²) >= 11 is 0. The number of carbonyl (C=O) groups is 1. The van der Waals surface area contributed by atoms with Crippen LogP contribution in [-0.2, 0) is 4.79 Å². The van der Waals surface area contributed by atoms with E-state index in [1.54, 1.807) is 6.92 Å². The van der Waals surface area contributed by atoms with E-state index >= 15 is 0 Å². The highest BCUT2D eigenvalue weighted by Gasteiger charge is 2.18. The Morgan fingerprint density at radius 1 is 1.07 bits per heavy atom. The van der Waals surface area contributed by atoms with Gasteiger partial charge in [0.25, 0.3) is 0 Å². The first-order valence-corrected chi connectivity index (χ1v) is 9.97. The van der Waals surface area contributed by atoms with Crippen molar-refractivity contribution in [2.75, 3.05) is 48.3 Å². The number of amides is 1. The van der Waals surface area contributed by atoms with E-state index in [0.717, 1.165) is 56.1 Å². The molecular formula is C22H28F2N4O. The van der Waals surface area contributed by atoms with E-state index in [0.29, 0.717) is 0 Å². The minimum Gasteiger partial charge on any atom is -0.374 e. The quantitative estimate of drug-likeness (QED) is 0.771. The monoisotopic (exact) mass is 402 g/mol. The molecule has 1 atom stereocenters. The molecule has 156 valence electrons. The van der Waals surface area contributed by atoms with Crippen LogP contribution in [0.25, 0.3) is 0 Å². The van der Waals surface area contributed by atoms with E-state index in [2.05, 4.69) is 39.5 Å². The van der Waals surface area contributed by atoms with Crippen LogP contribution in [0.2, 0.25) is 0 Å². The van der Waals surface area contributed by atoms with Gasteiger partial charge >= 0.3 is 0 Å². The van der Waals surface area contributed by atoms with Crippen LogP contribution in [0.1, 0.15) is 19.4 Å². The molecule has 29 heavy (non-hydrogen) atoms. The number of aryl methyl sites for hydroxylation is 1. The number of carbonyl (C=O) groups excluding carboxylic acids is 1. The van der Waals surface area contributed by atoms with Gasteiger partial charge in [0.1, 0.15) is 6.04 Å². The Kier molecular flexibility index (Phi) is 6.69. The van der Waals surface area contributed by atoms with Crippen molar-refractivity contribution in [3.05, 3.63) is 53.6 Å². The maximum absolute atomic E-state index is 13.3. The molecule has 7 heteroatoms. The number of halogens is 2. The van der Waals surface area contributed by atoms with E-state index in [9.17, 15) is 13.6 Å². The number of likely N-dealkylation sites (N-methyl/N-ethyl adjacent to an activating group) is 1. The normalized spacial score (nSPS) is 15.8. The van der Waals surface area contributed by atoms with Crippen molar-refractivity contribution in [1.82, 2.24) is 4.90 Å². The number of hydrogen-bond donors (Lipinski definition) is 2. The summed E-state index contributed by atoms with van der Waals surface area (Å²) in [6.45, 7) is 11.2. The molecule has 5 nitrogen and oxygen atoms in total. The number of nitrogens with zero attached hydrogens (tertiary/aromatic N) is 2. The van der Waals surface area contributed by atoms with Gasteiger partial charge in [-0.25, -0.2) is 8.78 Å². The minimum atomic E-state index is -0.991. The third-order valence-corrected chi connectivity index (χ3v) is 5.35. The fourth-order valence-corrected chi connectivity index (χ4v) is 3.45. The van der Waals surface area contributed by atoms with E-state index in [-0.39, 0.29) is 11.6 Å². The van der Waals surface area contributed by atoms with Crippen molar-refractivity contribution in [3.63, 3.8) is 0 Å². The summed E-state index contributed by atoms with van der Waals surface area (Å²) in [6, 6.07) is 8.94. The smallest absolute Gasteiger partial charge is 0.246 e. The highest BCUT2D eigenvalue weighted by Crippen LogP contribution is 2.24. The van der Waals surface area contributed by atoms with Gasteiger partial charge in [0, 0.05) is 49.3 Å². The number of hydrogen-bond acceptors (Lipinski definition) is 4. The van der Waals surface area contributed by atoms with Crippen molar-refractivity contribution < 1.29 is 13.6 Å². The van der Waals surface area contributed by atoms with Crippen LogP contribution in [0.4, 0.5) is 25.8 Å². The Labute approximate surface area is 170 Å². The van der Waals surface area contributed by atoms with Gasteiger partial charge < -0.3 is 20.4 Å². The first kappa shape index (κ1) is 21.0. The number of nitrogens with one attached hydrogen (secondary N) is 2. The van der Waals surface area contributed by atoms with Gasteiger partial charge in [-0.3, -0.25) is 4.79 Å². The average molecular weight is 402 g/mol. The molecule has 0 aliphatic carbocycles. The molecule has 0 radical (unpaired) electrons. The SMILES string of the molecule is CCN1CCN(c2ccc(NC(C)C(=O)Nc3ccc(F)c(F)c3)c(C)c2)CC1. The summed E-state index contributed by atoms with van der Waals surface area (Å²) in [4.78, 5) is 17.2. The number of anilines is 3. The summed E-state index contributed by atoms with van der Waals surface area (Å²) < 4.78 is 26.3. The van der Waals surface area contributed by atoms with Crippen molar-refractivity contribution >= 4 is 23.0 Å². The summed E-state index contributed by atoms with van der Waals surface area (Å²) in [5.41, 5.74) is 3.32. The highest BCUT2D eigenvalue weighted by molar-refractivity contribution is 5.96. The lowest BCUT2D eigenvalue weighted by Crippen LogP contribution is -2.46. The summed E-state index contributed by atoms with van der Waals surface area (Å²) in [5, 5.41) is 5.80. The summed E-state index contributed by atoms with van der Waals surface area (Å²) in [7, 11) is 0. The van der Waals surface area contributed by atoms with E-state index < -0.39 is 17.7 Å². The molecule has 1 aliphatic rings. The van der Waals surface area contributed by atoms with Crippen molar-refractivity contribution in [1.29, 1.82) is 0 Å². The molecular weight excluding hydrogens is 374 g/mol. The minimum absolute atomic E-state index is 0.223. The fourth-order valence-electron chi connectivity index (χ4n) is 3.45. The Balaban J connectivity index is 1.60. The number of benzene rings is 2. The fraction of sp³-hybridized carbons (Fsp3) is 0.409. The molecule has 1 heterocycles. The molecule has 3 rings (SSSR count). The van der Waals surface area contributed by atoms with Gasteiger partial charge in [0.2, 0.25) is 5.91 Å². The Hall–Kier alpha value is -2.67. The summed E-state index contributed by atoms with van der Waals surface area (Å²) in [5.74, 6) is -2.26. The molecule has 0 bridgehead atoms. The lowest BCUT2D eigenvalue weighted by molar-refractivity contribution is -0.116. The zero-order chi connectivity index (χ0) is 21.0. The Bertz CT molecular complexity index is 866.